The standard InChI is InChI=1S/C27H35ClN4O2/c1-27(2,3)16-32-19-6-7-20(32)11-18(10-19)29-17-8-9-31-15-23(30-26(31)12-17)21-13-22(28)25(34-5)14-24(21)33-4/h8-9,12-15,18-20,29H,6-7,10-11,16H2,1-5H3/t18-,19-,20+. The molecule has 2 saturated heterocycles. The van der Waals surface area contributed by atoms with Crippen LogP contribution in [-0.2, 0) is 0 Å². The third kappa shape index (κ3) is 4.58. The van der Waals surface area contributed by atoms with Gasteiger partial charge in [0.25, 0.3) is 0 Å². The van der Waals surface area contributed by atoms with Gasteiger partial charge in [-0.2, -0.15) is 0 Å². The van der Waals surface area contributed by atoms with Crippen LogP contribution in [-0.4, -0.2) is 53.2 Å². The molecule has 0 amide bonds. The van der Waals surface area contributed by atoms with E-state index in [1.807, 2.05) is 16.7 Å². The summed E-state index contributed by atoms with van der Waals surface area (Å²) in [5.41, 5.74) is 4.02. The Morgan fingerprint density at radius 3 is 2.41 bits per heavy atom. The Bertz CT molecular complexity index is 1170. The molecule has 0 radical (unpaired) electrons. The van der Waals surface area contributed by atoms with E-state index in [0.717, 1.165) is 22.6 Å². The molecule has 0 unspecified atom stereocenters. The summed E-state index contributed by atoms with van der Waals surface area (Å²) in [4.78, 5) is 7.65. The molecule has 0 spiro atoms. The smallest absolute Gasteiger partial charge is 0.141 e. The van der Waals surface area contributed by atoms with Crippen LogP contribution in [0.15, 0.2) is 36.7 Å². The van der Waals surface area contributed by atoms with Gasteiger partial charge in [-0.15, -0.1) is 0 Å². The zero-order valence-electron chi connectivity index (χ0n) is 20.8. The van der Waals surface area contributed by atoms with E-state index in [1.54, 1.807) is 20.3 Å². The zero-order valence-corrected chi connectivity index (χ0v) is 21.5. The molecule has 0 aliphatic carbocycles. The van der Waals surface area contributed by atoms with Crippen LogP contribution < -0.4 is 14.8 Å². The Morgan fingerprint density at radius 1 is 1.06 bits per heavy atom. The summed E-state index contributed by atoms with van der Waals surface area (Å²) >= 11 is 6.39. The number of piperidine rings is 1. The van der Waals surface area contributed by atoms with Crippen molar-refractivity contribution in [3.05, 3.63) is 41.7 Å². The topological polar surface area (TPSA) is 51.0 Å². The molecule has 1 N–H and O–H groups in total. The number of methoxy groups -OCH3 is 2. The summed E-state index contributed by atoms with van der Waals surface area (Å²) < 4.78 is 12.9. The number of ether oxygens (including phenoxy) is 2. The van der Waals surface area contributed by atoms with E-state index in [4.69, 9.17) is 26.1 Å². The number of hydrogen-bond acceptors (Lipinski definition) is 5. The summed E-state index contributed by atoms with van der Waals surface area (Å²) in [6.07, 6.45) is 9.14. The van der Waals surface area contributed by atoms with Crippen molar-refractivity contribution < 1.29 is 9.47 Å². The van der Waals surface area contributed by atoms with Crippen LogP contribution in [0.3, 0.4) is 0 Å². The van der Waals surface area contributed by atoms with Crippen molar-refractivity contribution in [2.24, 2.45) is 5.41 Å². The second kappa shape index (κ2) is 8.97. The monoisotopic (exact) mass is 482 g/mol. The summed E-state index contributed by atoms with van der Waals surface area (Å²) in [7, 11) is 3.24. The molecule has 1 aromatic carbocycles. The van der Waals surface area contributed by atoms with Gasteiger partial charge in [-0.1, -0.05) is 32.4 Å². The zero-order chi connectivity index (χ0) is 24.0. The predicted octanol–water partition coefficient (Wildman–Crippen LogP) is 6.13. The maximum atomic E-state index is 6.39. The molecule has 4 heterocycles. The quantitative estimate of drug-likeness (QED) is 0.458. The Kier molecular flexibility index (Phi) is 6.15. The highest BCUT2D eigenvalue weighted by Crippen LogP contribution is 2.40. The fraction of sp³-hybridized carbons (Fsp3) is 0.519. The number of fused-ring (bicyclic) bond motifs is 3. The van der Waals surface area contributed by atoms with E-state index in [-0.39, 0.29) is 0 Å². The van der Waals surface area contributed by atoms with Crippen molar-refractivity contribution in [1.82, 2.24) is 14.3 Å². The third-order valence-corrected chi connectivity index (χ3v) is 7.42. The van der Waals surface area contributed by atoms with Crippen LogP contribution in [0, 0.1) is 5.41 Å². The van der Waals surface area contributed by atoms with Gasteiger partial charge in [0.1, 0.15) is 17.1 Å². The molecule has 182 valence electrons. The first-order valence-electron chi connectivity index (χ1n) is 12.2. The molecule has 2 bridgehead atoms. The van der Waals surface area contributed by atoms with E-state index >= 15 is 0 Å². The van der Waals surface area contributed by atoms with Crippen LogP contribution in [0.5, 0.6) is 11.5 Å². The lowest BCUT2D eigenvalue weighted by atomic mass is 9.91. The lowest BCUT2D eigenvalue weighted by Gasteiger charge is -2.42. The highest BCUT2D eigenvalue weighted by molar-refractivity contribution is 6.32. The van der Waals surface area contributed by atoms with Gasteiger partial charge in [0.15, 0.2) is 0 Å². The first kappa shape index (κ1) is 23.3. The van der Waals surface area contributed by atoms with Crippen molar-refractivity contribution in [2.45, 2.75) is 64.6 Å². The van der Waals surface area contributed by atoms with Gasteiger partial charge in [-0.25, -0.2) is 4.98 Å². The number of hydrogen-bond donors (Lipinski definition) is 1. The van der Waals surface area contributed by atoms with Crippen molar-refractivity contribution in [2.75, 3.05) is 26.1 Å². The Balaban J connectivity index is 1.34. The minimum Gasteiger partial charge on any atom is -0.496 e. The Morgan fingerprint density at radius 2 is 1.76 bits per heavy atom. The molecule has 2 fully saturated rings. The van der Waals surface area contributed by atoms with Crippen LogP contribution >= 0.6 is 11.6 Å². The third-order valence-electron chi connectivity index (χ3n) is 7.12. The largest absolute Gasteiger partial charge is 0.496 e. The van der Waals surface area contributed by atoms with E-state index in [0.29, 0.717) is 40.1 Å². The number of pyridine rings is 1. The van der Waals surface area contributed by atoms with Gasteiger partial charge in [0.05, 0.1) is 24.9 Å². The van der Waals surface area contributed by atoms with Gasteiger partial charge >= 0.3 is 0 Å². The van der Waals surface area contributed by atoms with Crippen LogP contribution in [0.4, 0.5) is 5.69 Å². The molecule has 3 aromatic rings. The number of halogens is 1. The number of imidazole rings is 1. The maximum Gasteiger partial charge on any atom is 0.141 e. The molecule has 2 aromatic heterocycles. The highest BCUT2D eigenvalue weighted by atomic mass is 35.5. The first-order chi connectivity index (χ1) is 16.2. The normalized spacial score (nSPS) is 22.8. The van der Waals surface area contributed by atoms with Gasteiger partial charge < -0.3 is 19.2 Å². The van der Waals surface area contributed by atoms with Gasteiger partial charge in [0.2, 0.25) is 0 Å². The van der Waals surface area contributed by atoms with Crippen molar-refractivity contribution in [3.63, 3.8) is 0 Å². The Hall–Kier alpha value is -2.44. The number of nitrogens with one attached hydrogen (secondary N) is 1. The molecule has 7 heteroatoms. The maximum absolute atomic E-state index is 6.39. The molecular weight excluding hydrogens is 448 g/mol. The lowest BCUT2D eigenvalue weighted by molar-refractivity contribution is 0.0905. The van der Waals surface area contributed by atoms with Gasteiger partial charge in [-0.05, 0) is 43.2 Å². The summed E-state index contributed by atoms with van der Waals surface area (Å²) in [5.74, 6) is 1.26. The number of nitrogens with zero attached hydrogens (tertiary/aromatic N) is 3. The summed E-state index contributed by atoms with van der Waals surface area (Å²) in [6.45, 7) is 8.23. The van der Waals surface area contributed by atoms with E-state index in [2.05, 4.69) is 49.3 Å². The van der Waals surface area contributed by atoms with Crippen LogP contribution in [0.25, 0.3) is 16.9 Å². The Labute approximate surface area is 207 Å². The fourth-order valence-corrected chi connectivity index (χ4v) is 5.94. The second-order valence-electron chi connectivity index (χ2n) is 10.9. The summed E-state index contributed by atoms with van der Waals surface area (Å²) in [6, 6.07) is 9.82. The number of anilines is 1. The minimum absolute atomic E-state index is 0.349. The second-order valence-corrected chi connectivity index (χ2v) is 11.3. The highest BCUT2D eigenvalue weighted by Gasteiger charge is 2.41. The average Bonchev–Trinajstić information content (AvgIpc) is 3.29. The molecule has 0 saturated carbocycles. The van der Waals surface area contributed by atoms with E-state index in [1.165, 1.54) is 32.2 Å². The summed E-state index contributed by atoms with van der Waals surface area (Å²) in [5, 5.41) is 4.34. The fourth-order valence-electron chi connectivity index (χ4n) is 5.70. The van der Waals surface area contributed by atoms with Crippen LogP contribution in [0.1, 0.15) is 46.5 Å². The van der Waals surface area contributed by atoms with Crippen LogP contribution in [0.2, 0.25) is 5.02 Å². The number of rotatable bonds is 6. The lowest BCUT2D eigenvalue weighted by Crippen LogP contribution is -2.49. The molecular formula is C27H35ClN4O2. The molecule has 2 aliphatic heterocycles. The van der Waals surface area contributed by atoms with E-state index < -0.39 is 0 Å². The molecule has 34 heavy (non-hydrogen) atoms. The SMILES string of the molecule is COc1cc(OC)c(-c2cn3ccc(N[C@@H]4C[C@H]5CC[C@@H](C4)N5CC(C)(C)C)cc3n2)cc1Cl. The first-order valence-corrected chi connectivity index (χ1v) is 12.5. The number of benzene rings is 1. The predicted molar refractivity (Wildman–Crippen MR) is 138 cm³/mol. The van der Waals surface area contributed by atoms with Crippen molar-refractivity contribution in [3.8, 4) is 22.8 Å². The molecule has 3 atom stereocenters. The molecule has 6 nitrogen and oxygen atoms in total. The van der Waals surface area contributed by atoms with Gasteiger partial charge in [0, 0.05) is 60.4 Å². The van der Waals surface area contributed by atoms with Gasteiger partial charge in [-0.3, -0.25) is 4.90 Å². The van der Waals surface area contributed by atoms with Crippen molar-refractivity contribution >= 4 is 22.9 Å². The average molecular weight is 483 g/mol. The number of aromatic nitrogens is 2. The molecule has 5 rings (SSSR count). The molecule has 2 aliphatic rings. The minimum atomic E-state index is 0.349. The van der Waals surface area contributed by atoms with E-state index in [9.17, 15) is 0 Å². The van der Waals surface area contributed by atoms with Crippen molar-refractivity contribution in [1.29, 1.82) is 0 Å².